The molecule has 7 heteroatoms. The molecule has 0 aliphatic heterocycles. The number of rotatable bonds is 5. The summed E-state index contributed by atoms with van der Waals surface area (Å²) in [6.45, 7) is 3.90. The molecule has 1 atom stereocenters. The number of halogens is 3. The zero-order valence-corrected chi connectivity index (χ0v) is 15.2. The molecule has 0 spiro atoms. The first-order chi connectivity index (χ1) is 11.1. The predicted molar refractivity (Wildman–Crippen MR) is 86.5 cm³/mol. The molecule has 0 heterocycles. The summed E-state index contributed by atoms with van der Waals surface area (Å²) < 4.78 is 64.0. The van der Waals surface area contributed by atoms with Gasteiger partial charge in [-0.05, 0) is 55.9 Å². The van der Waals surface area contributed by atoms with Crippen LogP contribution in [0, 0.1) is 17.8 Å². The van der Waals surface area contributed by atoms with Crippen LogP contribution in [0.5, 0.6) is 0 Å². The first-order valence-corrected chi connectivity index (χ1v) is 10.2. The second-order valence-electron chi connectivity index (χ2n) is 7.26. The minimum atomic E-state index is -5.54. The van der Waals surface area contributed by atoms with E-state index in [1.807, 2.05) is 0 Å². The first-order valence-electron chi connectivity index (χ1n) is 8.83. The number of alkyl halides is 3. The predicted octanol–water partition coefficient (Wildman–Crippen LogP) is 5.53. The van der Waals surface area contributed by atoms with E-state index in [2.05, 4.69) is 11.1 Å². The van der Waals surface area contributed by atoms with Gasteiger partial charge in [0.1, 0.15) is 5.76 Å². The Balaban J connectivity index is 1.94. The summed E-state index contributed by atoms with van der Waals surface area (Å²) in [4.78, 5) is 0. The zero-order chi connectivity index (χ0) is 18.0. The third-order valence-corrected chi connectivity index (χ3v) is 6.52. The quantitative estimate of drug-likeness (QED) is 0.473. The van der Waals surface area contributed by atoms with Gasteiger partial charge in [-0.1, -0.05) is 32.6 Å². The number of hydrogen-bond acceptors (Lipinski definition) is 3. The molecule has 0 amide bonds. The van der Waals surface area contributed by atoms with Crippen molar-refractivity contribution in [2.75, 3.05) is 0 Å². The van der Waals surface area contributed by atoms with Crippen molar-refractivity contribution in [3.63, 3.8) is 0 Å². The second kappa shape index (κ2) is 7.67. The van der Waals surface area contributed by atoms with Gasteiger partial charge >= 0.3 is 15.6 Å². The molecule has 0 N–H and O–H groups in total. The van der Waals surface area contributed by atoms with Crippen LogP contribution in [0.4, 0.5) is 13.2 Å². The molecular formula is C17H27F3O3S. The Morgan fingerprint density at radius 2 is 1.71 bits per heavy atom. The largest absolute Gasteiger partial charge is 0.534 e. The molecule has 0 radical (unpaired) electrons. The SMILES string of the molecule is CCC[C@H]1CC[C@H](C2CCC(OS(=O)(=O)C(F)(F)F)=C(C)C2)CC1. The summed E-state index contributed by atoms with van der Waals surface area (Å²) in [5, 5.41) is 0. The van der Waals surface area contributed by atoms with Gasteiger partial charge < -0.3 is 4.18 Å². The van der Waals surface area contributed by atoms with Gasteiger partial charge in [0.25, 0.3) is 0 Å². The van der Waals surface area contributed by atoms with Gasteiger partial charge in [-0.3, -0.25) is 0 Å². The van der Waals surface area contributed by atoms with E-state index in [1.165, 1.54) is 38.5 Å². The molecule has 3 nitrogen and oxygen atoms in total. The minimum Gasteiger partial charge on any atom is -0.381 e. The Hall–Kier alpha value is -0.720. The molecule has 0 saturated heterocycles. The number of hydrogen-bond donors (Lipinski definition) is 0. The monoisotopic (exact) mass is 368 g/mol. The molecule has 1 unspecified atom stereocenters. The average Bonchev–Trinajstić information content (AvgIpc) is 2.49. The maximum absolute atomic E-state index is 12.4. The van der Waals surface area contributed by atoms with Crippen LogP contribution in [0.2, 0.25) is 0 Å². The fraction of sp³-hybridized carbons (Fsp3) is 0.882. The van der Waals surface area contributed by atoms with Crippen molar-refractivity contribution in [1.82, 2.24) is 0 Å². The van der Waals surface area contributed by atoms with E-state index in [-0.39, 0.29) is 12.2 Å². The lowest BCUT2D eigenvalue weighted by molar-refractivity contribution is -0.0525. The van der Waals surface area contributed by atoms with E-state index in [0.29, 0.717) is 30.3 Å². The first kappa shape index (κ1) is 19.6. The van der Waals surface area contributed by atoms with Crippen LogP contribution < -0.4 is 0 Å². The van der Waals surface area contributed by atoms with Crippen molar-refractivity contribution in [2.24, 2.45) is 17.8 Å². The Bertz CT molecular complexity index is 558. The molecule has 140 valence electrons. The summed E-state index contributed by atoms with van der Waals surface area (Å²) in [5.41, 5.74) is -4.72. The van der Waals surface area contributed by atoms with Gasteiger partial charge in [0.15, 0.2) is 0 Å². The molecule has 2 aliphatic carbocycles. The maximum Gasteiger partial charge on any atom is 0.534 e. The molecule has 24 heavy (non-hydrogen) atoms. The molecule has 2 aliphatic rings. The van der Waals surface area contributed by atoms with Crippen molar-refractivity contribution in [2.45, 2.75) is 77.1 Å². The van der Waals surface area contributed by atoms with Crippen LogP contribution in [0.1, 0.15) is 71.6 Å². The molecule has 0 aromatic heterocycles. The molecule has 0 aromatic rings. The van der Waals surface area contributed by atoms with Crippen LogP contribution in [0.15, 0.2) is 11.3 Å². The lowest BCUT2D eigenvalue weighted by atomic mass is 9.70. The lowest BCUT2D eigenvalue weighted by Crippen LogP contribution is -2.28. The summed E-state index contributed by atoms with van der Waals surface area (Å²) >= 11 is 0. The fourth-order valence-corrected chi connectivity index (χ4v) is 4.78. The summed E-state index contributed by atoms with van der Waals surface area (Å²) in [5.74, 6) is 1.85. The van der Waals surface area contributed by atoms with Crippen molar-refractivity contribution in [1.29, 1.82) is 0 Å². The van der Waals surface area contributed by atoms with Crippen molar-refractivity contribution < 1.29 is 25.8 Å². The average molecular weight is 368 g/mol. The highest BCUT2D eigenvalue weighted by atomic mass is 32.2. The van der Waals surface area contributed by atoms with Crippen LogP contribution >= 0.6 is 0 Å². The van der Waals surface area contributed by atoms with Crippen LogP contribution in [-0.4, -0.2) is 13.9 Å². The van der Waals surface area contributed by atoms with E-state index in [1.54, 1.807) is 6.92 Å². The van der Waals surface area contributed by atoms with E-state index >= 15 is 0 Å². The van der Waals surface area contributed by atoms with Gasteiger partial charge in [0.05, 0.1) is 0 Å². The van der Waals surface area contributed by atoms with Crippen molar-refractivity contribution in [3.05, 3.63) is 11.3 Å². The van der Waals surface area contributed by atoms with Crippen molar-refractivity contribution in [3.8, 4) is 0 Å². The topological polar surface area (TPSA) is 43.4 Å². The van der Waals surface area contributed by atoms with Gasteiger partial charge in [-0.2, -0.15) is 21.6 Å². The van der Waals surface area contributed by atoms with Crippen LogP contribution in [0.3, 0.4) is 0 Å². The standard InChI is InChI=1S/C17H27F3O3S/c1-3-4-13-5-7-14(8-6-13)15-9-10-16(12(2)11-15)23-24(21,22)17(18,19)20/h13-15H,3-11H2,1-2H3/t13-,14-,15?. The van der Waals surface area contributed by atoms with Gasteiger partial charge in [-0.15, -0.1) is 0 Å². The minimum absolute atomic E-state index is 0.0109. The maximum atomic E-state index is 12.4. The number of allylic oxidation sites excluding steroid dienone is 2. The zero-order valence-electron chi connectivity index (χ0n) is 14.4. The third kappa shape index (κ3) is 4.67. The molecular weight excluding hydrogens is 341 g/mol. The third-order valence-electron chi connectivity index (χ3n) is 5.54. The molecule has 0 aromatic carbocycles. The van der Waals surface area contributed by atoms with Crippen LogP contribution in [-0.2, 0) is 14.3 Å². The Labute approximate surface area is 142 Å². The Morgan fingerprint density at radius 1 is 1.08 bits per heavy atom. The normalized spacial score (nSPS) is 29.6. The van der Waals surface area contributed by atoms with E-state index in [4.69, 9.17) is 0 Å². The molecule has 2 rings (SSSR count). The van der Waals surface area contributed by atoms with Crippen molar-refractivity contribution >= 4 is 10.1 Å². The summed E-state index contributed by atoms with van der Waals surface area (Å²) in [6, 6.07) is 0. The smallest absolute Gasteiger partial charge is 0.381 e. The van der Waals surface area contributed by atoms with Crippen LogP contribution in [0.25, 0.3) is 0 Å². The fourth-order valence-electron chi connectivity index (χ4n) is 4.19. The van der Waals surface area contributed by atoms with Gasteiger partial charge in [0.2, 0.25) is 0 Å². The summed E-state index contributed by atoms with van der Waals surface area (Å²) in [7, 11) is -5.54. The summed E-state index contributed by atoms with van der Waals surface area (Å²) in [6.07, 6.45) is 8.97. The molecule has 1 fully saturated rings. The van der Waals surface area contributed by atoms with E-state index < -0.39 is 15.6 Å². The van der Waals surface area contributed by atoms with Gasteiger partial charge in [-0.25, -0.2) is 0 Å². The highest BCUT2D eigenvalue weighted by molar-refractivity contribution is 7.87. The second-order valence-corrected chi connectivity index (χ2v) is 8.80. The van der Waals surface area contributed by atoms with E-state index in [0.717, 1.165) is 5.92 Å². The van der Waals surface area contributed by atoms with Gasteiger partial charge in [0, 0.05) is 6.42 Å². The highest BCUT2D eigenvalue weighted by Gasteiger charge is 2.49. The Kier molecular flexibility index (Phi) is 6.26. The van der Waals surface area contributed by atoms with E-state index in [9.17, 15) is 21.6 Å². The molecule has 0 bridgehead atoms. The lowest BCUT2D eigenvalue weighted by Gasteiger charge is -2.36. The highest BCUT2D eigenvalue weighted by Crippen LogP contribution is 2.43. The Morgan fingerprint density at radius 3 is 2.21 bits per heavy atom. The molecule has 1 saturated carbocycles.